The minimum atomic E-state index is -0.144. The van der Waals surface area contributed by atoms with Crippen molar-refractivity contribution in [3.8, 4) is 0 Å². The van der Waals surface area contributed by atoms with E-state index in [0.29, 0.717) is 6.67 Å². The predicted molar refractivity (Wildman–Crippen MR) is 101 cm³/mol. The van der Waals surface area contributed by atoms with Gasteiger partial charge in [-0.05, 0) is 12.8 Å². The van der Waals surface area contributed by atoms with Gasteiger partial charge in [0.2, 0.25) is 0 Å². The first-order chi connectivity index (χ1) is 11.2. The van der Waals surface area contributed by atoms with Gasteiger partial charge in [-0.25, -0.2) is 0 Å². The number of unbranched alkanes of at least 4 members (excludes halogenated alkanes) is 13. The number of hydrogen-bond donors (Lipinski definition) is 0. The van der Waals surface area contributed by atoms with E-state index in [9.17, 15) is 5.21 Å². The third-order valence-electron chi connectivity index (χ3n) is 4.95. The van der Waals surface area contributed by atoms with Gasteiger partial charge in [0.05, 0.1) is 12.7 Å². The molecule has 0 fully saturated rings. The molecule has 3 heteroatoms. The van der Waals surface area contributed by atoms with E-state index >= 15 is 0 Å². The Morgan fingerprint density at radius 2 is 1.22 bits per heavy atom. The second kappa shape index (κ2) is 12.8. The van der Waals surface area contributed by atoms with Crippen molar-refractivity contribution in [3.05, 3.63) is 17.6 Å². The van der Waals surface area contributed by atoms with Gasteiger partial charge in [0, 0.05) is 7.05 Å². The van der Waals surface area contributed by atoms with E-state index in [0.717, 1.165) is 13.0 Å². The Hall–Kier alpha value is -0.540. The summed E-state index contributed by atoms with van der Waals surface area (Å²) in [5, 5.41) is 12.2. The molecule has 1 rings (SSSR count). The Labute approximate surface area is 144 Å². The summed E-state index contributed by atoms with van der Waals surface area (Å²) in [4.78, 5) is 1.98. The molecule has 0 aromatic heterocycles. The highest BCUT2D eigenvalue weighted by molar-refractivity contribution is 4.79. The molecule has 136 valence electrons. The molecule has 3 nitrogen and oxygen atoms in total. The van der Waals surface area contributed by atoms with Gasteiger partial charge in [0.15, 0.2) is 6.67 Å². The summed E-state index contributed by atoms with van der Waals surface area (Å²) < 4.78 is -0.144. The third kappa shape index (κ3) is 10.8. The molecule has 0 radical (unpaired) electrons. The van der Waals surface area contributed by atoms with E-state index in [2.05, 4.69) is 6.92 Å². The van der Waals surface area contributed by atoms with Crippen LogP contribution in [0, 0.1) is 5.21 Å². The van der Waals surface area contributed by atoms with Crippen LogP contribution in [0.4, 0.5) is 0 Å². The molecular weight excluding hydrogens is 284 g/mol. The van der Waals surface area contributed by atoms with E-state index < -0.39 is 0 Å². The zero-order valence-electron chi connectivity index (χ0n) is 15.8. The molecule has 0 saturated heterocycles. The molecule has 0 N–H and O–H groups in total. The molecule has 1 aliphatic rings. The lowest BCUT2D eigenvalue weighted by molar-refractivity contribution is -0.831. The highest BCUT2D eigenvalue weighted by atomic mass is 16.5. The summed E-state index contributed by atoms with van der Waals surface area (Å²) in [6.07, 6.45) is 22.8. The van der Waals surface area contributed by atoms with Crippen molar-refractivity contribution in [2.45, 2.75) is 96.8 Å². The number of hydroxylamine groups is 3. The number of quaternary nitrogens is 1. The number of rotatable bonds is 15. The fourth-order valence-corrected chi connectivity index (χ4v) is 3.43. The molecule has 0 amide bonds. The zero-order chi connectivity index (χ0) is 16.8. The average Bonchev–Trinajstić information content (AvgIpc) is 2.87. The maximum atomic E-state index is 12.2. The van der Waals surface area contributed by atoms with Gasteiger partial charge in [-0.2, -0.15) is 0 Å². The van der Waals surface area contributed by atoms with Gasteiger partial charge in [0.25, 0.3) is 0 Å². The first-order valence-corrected chi connectivity index (χ1v) is 10.1. The lowest BCUT2D eigenvalue weighted by Crippen LogP contribution is -2.39. The van der Waals surface area contributed by atoms with Crippen LogP contribution in [0.3, 0.4) is 0 Å². The largest absolute Gasteiger partial charge is 0.626 e. The van der Waals surface area contributed by atoms with Crippen LogP contribution in [-0.2, 0) is 0 Å². The van der Waals surface area contributed by atoms with Gasteiger partial charge in [0.1, 0.15) is 6.20 Å². The summed E-state index contributed by atoms with van der Waals surface area (Å²) >= 11 is 0. The van der Waals surface area contributed by atoms with Crippen LogP contribution in [0.1, 0.15) is 96.8 Å². The molecule has 1 aliphatic heterocycles. The molecule has 0 spiro atoms. The van der Waals surface area contributed by atoms with Crippen LogP contribution in [0.15, 0.2) is 12.4 Å². The van der Waals surface area contributed by atoms with E-state index in [-0.39, 0.29) is 4.65 Å². The predicted octanol–water partition coefficient (Wildman–Crippen LogP) is 6.16. The Balaban J connectivity index is 1.76. The maximum absolute atomic E-state index is 12.2. The minimum absolute atomic E-state index is 0.144. The lowest BCUT2D eigenvalue weighted by atomic mass is 10.0. The van der Waals surface area contributed by atoms with Crippen LogP contribution >= 0.6 is 0 Å². The molecule has 0 aromatic carbocycles. The summed E-state index contributed by atoms with van der Waals surface area (Å²) in [6, 6.07) is 0. The SMILES string of the molecule is CCCCCCCCCCCCCCCC[N+]1([O-])C=CN(C)C1. The van der Waals surface area contributed by atoms with Crippen LogP contribution in [0.5, 0.6) is 0 Å². The molecule has 1 unspecified atom stereocenters. The monoisotopic (exact) mass is 324 g/mol. The minimum Gasteiger partial charge on any atom is -0.626 e. The molecule has 1 heterocycles. The second-order valence-corrected chi connectivity index (χ2v) is 7.47. The normalized spacial score (nSPS) is 20.6. The van der Waals surface area contributed by atoms with Crippen LogP contribution < -0.4 is 0 Å². The van der Waals surface area contributed by atoms with Crippen molar-refractivity contribution in [2.75, 3.05) is 20.3 Å². The van der Waals surface area contributed by atoms with Crippen molar-refractivity contribution in [3.63, 3.8) is 0 Å². The molecule has 23 heavy (non-hydrogen) atoms. The van der Waals surface area contributed by atoms with Crippen LogP contribution in [-0.4, -0.2) is 29.8 Å². The smallest absolute Gasteiger partial charge is 0.158 e. The van der Waals surface area contributed by atoms with Gasteiger partial charge in [-0.15, -0.1) is 0 Å². The third-order valence-corrected chi connectivity index (χ3v) is 4.95. The average molecular weight is 325 g/mol. The second-order valence-electron chi connectivity index (χ2n) is 7.47. The molecule has 0 saturated carbocycles. The van der Waals surface area contributed by atoms with E-state index in [1.165, 1.54) is 83.5 Å². The number of nitrogens with zero attached hydrogens (tertiary/aromatic N) is 2. The van der Waals surface area contributed by atoms with Crippen molar-refractivity contribution in [1.82, 2.24) is 4.90 Å². The highest BCUT2D eigenvalue weighted by Gasteiger charge is 2.20. The standard InChI is InChI=1S/C20H40N2O/c1-3-4-5-6-7-8-9-10-11-12-13-14-15-16-18-22(23)19-17-21(2)20-22/h17,19H,3-16,18,20H2,1-2H3. The van der Waals surface area contributed by atoms with Gasteiger partial charge >= 0.3 is 0 Å². The fraction of sp³-hybridized carbons (Fsp3) is 0.900. The first-order valence-electron chi connectivity index (χ1n) is 10.1. The van der Waals surface area contributed by atoms with Crippen molar-refractivity contribution in [1.29, 1.82) is 0 Å². The molecule has 0 aliphatic carbocycles. The Kier molecular flexibility index (Phi) is 11.4. The van der Waals surface area contributed by atoms with E-state index in [4.69, 9.17) is 0 Å². The van der Waals surface area contributed by atoms with Gasteiger partial charge in [-0.1, -0.05) is 84.0 Å². The van der Waals surface area contributed by atoms with Crippen molar-refractivity contribution in [2.24, 2.45) is 0 Å². The molecule has 1 atom stereocenters. The molecule has 0 aromatic rings. The first kappa shape index (κ1) is 20.5. The topological polar surface area (TPSA) is 26.3 Å². The fourth-order valence-electron chi connectivity index (χ4n) is 3.43. The highest BCUT2D eigenvalue weighted by Crippen LogP contribution is 2.17. The van der Waals surface area contributed by atoms with Crippen LogP contribution in [0.25, 0.3) is 0 Å². The lowest BCUT2D eigenvalue weighted by Gasteiger charge is -2.36. The van der Waals surface area contributed by atoms with Crippen molar-refractivity contribution >= 4 is 0 Å². The summed E-state index contributed by atoms with van der Waals surface area (Å²) in [5.74, 6) is 0. The summed E-state index contributed by atoms with van der Waals surface area (Å²) in [7, 11) is 1.97. The maximum Gasteiger partial charge on any atom is 0.158 e. The van der Waals surface area contributed by atoms with Gasteiger partial charge in [-0.3, -0.25) is 0 Å². The van der Waals surface area contributed by atoms with Gasteiger partial charge < -0.3 is 14.8 Å². The molecule has 0 bridgehead atoms. The summed E-state index contributed by atoms with van der Waals surface area (Å²) in [5.41, 5.74) is 0. The summed E-state index contributed by atoms with van der Waals surface area (Å²) in [6.45, 7) is 3.62. The molecular formula is C20H40N2O. The number of hydrogen-bond acceptors (Lipinski definition) is 2. The van der Waals surface area contributed by atoms with Crippen molar-refractivity contribution < 1.29 is 4.65 Å². The zero-order valence-corrected chi connectivity index (χ0v) is 15.8. The van der Waals surface area contributed by atoms with E-state index in [1.807, 2.05) is 18.1 Å². The van der Waals surface area contributed by atoms with E-state index in [1.54, 1.807) is 6.20 Å². The van der Waals surface area contributed by atoms with Crippen LogP contribution in [0.2, 0.25) is 0 Å². The quantitative estimate of drug-likeness (QED) is 0.205. The Morgan fingerprint density at radius 1 is 0.783 bits per heavy atom. The Morgan fingerprint density at radius 3 is 1.61 bits per heavy atom. The Bertz CT molecular complexity index is 306.